The third kappa shape index (κ3) is 2.19. The number of benzene rings is 2. The van der Waals surface area contributed by atoms with Crippen LogP contribution in [0.4, 0.5) is 0 Å². The average Bonchev–Trinajstić information content (AvgIpc) is 2.96. The van der Waals surface area contributed by atoms with Gasteiger partial charge in [0.25, 0.3) is 0 Å². The highest BCUT2D eigenvalue weighted by Crippen LogP contribution is 2.26. The maximum atomic E-state index is 5.93. The maximum Gasteiger partial charge on any atom is 0.146 e. The number of pyridine rings is 1. The van der Waals surface area contributed by atoms with Crippen molar-refractivity contribution < 1.29 is 4.74 Å². The van der Waals surface area contributed by atoms with Crippen LogP contribution in [0.15, 0.2) is 54.7 Å². The predicted octanol–water partition coefficient (Wildman–Crippen LogP) is 4.00. The number of ether oxygens (including phenoxy) is 1. The van der Waals surface area contributed by atoms with Gasteiger partial charge in [-0.3, -0.25) is 4.98 Å². The molecule has 1 N–H and O–H groups in total. The smallest absolute Gasteiger partial charge is 0.146 e. The van der Waals surface area contributed by atoms with E-state index in [4.69, 9.17) is 4.74 Å². The summed E-state index contributed by atoms with van der Waals surface area (Å²) in [5.41, 5.74) is 4.05. The number of imidazole rings is 1. The number of H-pyrrole nitrogens is 1. The summed E-state index contributed by atoms with van der Waals surface area (Å²) in [6, 6.07) is 16.0. The molecule has 0 aliphatic heterocycles. The number of hydrogen-bond acceptors (Lipinski definition) is 3. The van der Waals surface area contributed by atoms with E-state index in [0.717, 1.165) is 33.5 Å². The molecular formula is C18H15N3O. The minimum absolute atomic E-state index is 0.392. The number of aryl methyl sites for hydroxylation is 1. The van der Waals surface area contributed by atoms with E-state index in [9.17, 15) is 0 Å². The van der Waals surface area contributed by atoms with Gasteiger partial charge in [0.2, 0.25) is 0 Å². The number of rotatable bonds is 3. The Labute approximate surface area is 127 Å². The molecule has 0 aliphatic carbocycles. The molecule has 0 saturated carbocycles. The van der Waals surface area contributed by atoms with Crippen LogP contribution < -0.4 is 4.74 Å². The Balaban J connectivity index is 1.65. The molecule has 4 heteroatoms. The summed E-state index contributed by atoms with van der Waals surface area (Å²) in [5, 5.41) is 1.12. The summed E-state index contributed by atoms with van der Waals surface area (Å²) in [7, 11) is 0. The molecule has 4 nitrogen and oxygen atoms in total. The van der Waals surface area contributed by atoms with E-state index in [-0.39, 0.29) is 0 Å². The van der Waals surface area contributed by atoms with E-state index in [0.29, 0.717) is 6.61 Å². The third-order valence-corrected chi connectivity index (χ3v) is 3.75. The van der Waals surface area contributed by atoms with Gasteiger partial charge in [0, 0.05) is 11.6 Å². The second-order valence-electron chi connectivity index (χ2n) is 5.27. The van der Waals surface area contributed by atoms with E-state index in [1.54, 1.807) is 0 Å². The lowest BCUT2D eigenvalue weighted by Gasteiger charge is -2.08. The van der Waals surface area contributed by atoms with E-state index in [1.165, 1.54) is 5.56 Å². The third-order valence-electron chi connectivity index (χ3n) is 3.75. The van der Waals surface area contributed by atoms with Gasteiger partial charge in [-0.1, -0.05) is 24.3 Å². The highest BCUT2D eigenvalue weighted by atomic mass is 16.5. The van der Waals surface area contributed by atoms with Gasteiger partial charge >= 0.3 is 0 Å². The Morgan fingerprint density at radius 1 is 1.05 bits per heavy atom. The largest absolute Gasteiger partial charge is 0.483 e. The minimum atomic E-state index is 0.392. The summed E-state index contributed by atoms with van der Waals surface area (Å²) >= 11 is 0. The van der Waals surface area contributed by atoms with Crippen molar-refractivity contribution in [3.8, 4) is 5.75 Å². The SMILES string of the molecule is Cc1ccnc2c(OCc3nc4ccccc4[nH]3)cccc12. The van der Waals surface area contributed by atoms with Crippen LogP contribution >= 0.6 is 0 Å². The lowest BCUT2D eigenvalue weighted by Crippen LogP contribution is -1.98. The molecule has 108 valence electrons. The molecule has 0 bridgehead atoms. The lowest BCUT2D eigenvalue weighted by molar-refractivity contribution is 0.300. The first-order valence-electron chi connectivity index (χ1n) is 7.22. The Bertz CT molecular complexity index is 926. The van der Waals surface area contributed by atoms with Crippen molar-refractivity contribution in [3.63, 3.8) is 0 Å². The number of aromatic amines is 1. The predicted molar refractivity (Wildman–Crippen MR) is 86.9 cm³/mol. The van der Waals surface area contributed by atoms with Crippen LogP contribution in [0.25, 0.3) is 21.9 Å². The summed E-state index contributed by atoms with van der Waals surface area (Å²) in [6.07, 6.45) is 1.81. The molecular weight excluding hydrogens is 274 g/mol. The van der Waals surface area contributed by atoms with Gasteiger partial charge in [0.05, 0.1) is 11.0 Å². The molecule has 4 rings (SSSR count). The maximum absolute atomic E-state index is 5.93. The molecule has 0 fully saturated rings. The highest BCUT2D eigenvalue weighted by Gasteiger charge is 2.07. The van der Waals surface area contributed by atoms with Crippen molar-refractivity contribution in [1.82, 2.24) is 15.0 Å². The number of fused-ring (bicyclic) bond motifs is 2. The van der Waals surface area contributed by atoms with Gasteiger partial charge in [0.15, 0.2) is 0 Å². The first-order valence-corrected chi connectivity index (χ1v) is 7.22. The van der Waals surface area contributed by atoms with E-state index in [1.807, 2.05) is 48.7 Å². The zero-order chi connectivity index (χ0) is 14.9. The lowest BCUT2D eigenvalue weighted by atomic mass is 10.1. The minimum Gasteiger partial charge on any atom is -0.483 e. The molecule has 0 spiro atoms. The Morgan fingerprint density at radius 3 is 2.86 bits per heavy atom. The van der Waals surface area contributed by atoms with Gasteiger partial charge in [-0.05, 0) is 36.8 Å². The van der Waals surface area contributed by atoms with Crippen molar-refractivity contribution in [1.29, 1.82) is 0 Å². The topological polar surface area (TPSA) is 50.8 Å². The number of nitrogens with zero attached hydrogens (tertiary/aromatic N) is 2. The number of aromatic nitrogens is 3. The molecule has 2 aromatic carbocycles. The van der Waals surface area contributed by atoms with Gasteiger partial charge in [-0.15, -0.1) is 0 Å². The fraction of sp³-hybridized carbons (Fsp3) is 0.111. The summed E-state index contributed by atoms with van der Waals surface area (Å²) in [6.45, 7) is 2.47. The number of nitrogens with one attached hydrogen (secondary N) is 1. The molecule has 0 atom stereocenters. The molecule has 0 amide bonds. The van der Waals surface area contributed by atoms with Gasteiger partial charge in [-0.25, -0.2) is 4.98 Å². The number of para-hydroxylation sites is 3. The van der Waals surface area contributed by atoms with Crippen LogP contribution in [0.2, 0.25) is 0 Å². The quantitative estimate of drug-likeness (QED) is 0.620. The molecule has 4 aromatic rings. The zero-order valence-corrected chi connectivity index (χ0v) is 12.2. The summed E-state index contributed by atoms with van der Waals surface area (Å²) in [4.78, 5) is 12.2. The normalized spacial score (nSPS) is 11.1. The fourth-order valence-corrected chi connectivity index (χ4v) is 2.62. The van der Waals surface area contributed by atoms with Gasteiger partial charge < -0.3 is 9.72 Å². The Kier molecular flexibility index (Phi) is 3.00. The summed E-state index contributed by atoms with van der Waals surface area (Å²) < 4.78 is 5.93. The van der Waals surface area contributed by atoms with Crippen molar-refractivity contribution in [2.75, 3.05) is 0 Å². The first-order chi connectivity index (χ1) is 10.8. The van der Waals surface area contributed by atoms with Crippen LogP contribution in [0, 0.1) is 6.92 Å². The second kappa shape index (κ2) is 5.15. The monoisotopic (exact) mass is 289 g/mol. The first kappa shape index (κ1) is 12.8. The molecule has 0 unspecified atom stereocenters. The molecule has 0 aliphatic rings. The molecule has 2 aromatic heterocycles. The van der Waals surface area contributed by atoms with Gasteiger partial charge in [-0.2, -0.15) is 0 Å². The zero-order valence-electron chi connectivity index (χ0n) is 12.2. The highest BCUT2D eigenvalue weighted by molar-refractivity contribution is 5.87. The molecule has 0 saturated heterocycles. The van der Waals surface area contributed by atoms with Crippen molar-refractivity contribution in [2.45, 2.75) is 13.5 Å². The number of hydrogen-bond donors (Lipinski definition) is 1. The van der Waals surface area contributed by atoms with E-state index in [2.05, 4.69) is 27.9 Å². The summed E-state index contributed by atoms with van der Waals surface area (Å²) in [5.74, 6) is 1.59. The Hall–Kier alpha value is -2.88. The van der Waals surface area contributed by atoms with Crippen molar-refractivity contribution in [2.24, 2.45) is 0 Å². The van der Waals surface area contributed by atoms with Gasteiger partial charge in [0.1, 0.15) is 23.7 Å². The average molecular weight is 289 g/mol. The van der Waals surface area contributed by atoms with Crippen LogP contribution in [-0.4, -0.2) is 15.0 Å². The standard InChI is InChI=1S/C18H15N3O/c1-12-9-10-19-18-13(12)5-4-8-16(18)22-11-17-20-14-6-2-3-7-15(14)21-17/h2-10H,11H2,1H3,(H,20,21). The van der Waals surface area contributed by atoms with Crippen LogP contribution in [0.3, 0.4) is 0 Å². The molecule has 0 radical (unpaired) electrons. The van der Waals surface area contributed by atoms with Crippen LogP contribution in [0.1, 0.15) is 11.4 Å². The van der Waals surface area contributed by atoms with Crippen molar-refractivity contribution in [3.05, 3.63) is 66.1 Å². The second-order valence-corrected chi connectivity index (χ2v) is 5.27. The Morgan fingerprint density at radius 2 is 1.95 bits per heavy atom. The molecule has 22 heavy (non-hydrogen) atoms. The molecule has 2 heterocycles. The van der Waals surface area contributed by atoms with E-state index < -0.39 is 0 Å². The fourth-order valence-electron chi connectivity index (χ4n) is 2.62. The van der Waals surface area contributed by atoms with Crippen LogP contribution in [0.5, 0.6) is 5.75 Å². The van der Waals surface area contributed by atoms with Crippen LogP contribution in [-0.2, 0) is 6.61 Å². The van der Waals surface area contributed by atoms with E-state index >= 15 is 0 Å². The van der Waals surface area contributed by atoms with Crippen molar-refractivity contribution >= 4 is 21.9 Å².